The first-order valence-electron chi connectivity index (χ1n) is 8.47. The summed E-state index contributed by atoms with van der Waals surface area (Å²) < 4.78 is 12.2. The second kappa shape index (κ2) is 8.26. The van der Waals surface area contributed by atoms with Gasteiger partial charge in [0.1, 0.15) is 11.5 Å². The van der Waals surface area contributed by atoms with Crippen molar-refractivity contribution in [2.75, 3.05) is 17.7 Å². The summed E-state index contributed by atoms with van der Waals surface area (Å²) in [6, 6.07) is 12.9. The summed E-state index contributed by atoms with van der Waals surface area (Å²) in [4.78, 5) is 35.5. The second-order valence-electron chi connectivity index (χ2n) is 5.98. The summed E-state index contributed by atoms with van der Waals surface area (Å²) >= 11 is 0. The number of ether oxygens (including phenoxy) is 1. The Morgan fingerprint density at radius 2 is 1.93 bits per heavy atom. The van der Waals surface area contributed by atoms with E-state index in [-0.39, 0.29) is 23.8 Å². The van der Waals surface area contributed by atoms with Gasteiger partial charge in [0.2, 0.25) is 5.91 Å². The van der Waals surface area contributed by atoms with E-state index in [1.807, 2.05) is 0 Å². The Balaban J connectivity index is 1.73. The van der Waals surface area contributed by atoms with Crippen molar-refractivity contribution in [1.82, 2.24) is 4.57 Å². The van der Waals surface area contributed by atoms with Crippen LogP contribution in [0.2, 0.25) is 0 Å². The highest BCUT2D eigenvalue weighted by Crippen LogP contribution is 2.28. The number of anilines is 2. The monoisotopic (exact) mass is 381 g/mol. The van der Waals surface area contributed by atoms with Crippen molar-refractivity contribution in [3.05, 3.63) is 76.6 Å². The van der Waals surface area contributed by atoms with Gasteiger partial charge in [0.25, 0.3) is 11.5 Å². The smallest absolute Gasteiger partial charge is 0.291 e. The minimum atomic E-state index is -0.453. The molecule has 0 unspecified atom stereocenters. The molecule has 2 amide bonds. The normalized spacial score (nSPS) is 10.4. The van der Waals surface area contributed by atoms with Crippen molar-refractivity contribution >= 4 is 23.2 Å². The Labute approximate surface area is 160 Å². The highest BCUT2D eigenvalue weighted by Gasteiger charge is 2.14. The fourth-order valence-corrected chi connectivity index (χ4v) is 2.61. The molecular formula is C20H19N3O5. The molecule has 8 heteroatoms. The van der Waals surface area contributed by atoms with Gasteiger partial charge >= 0.3 is 0 Å². The van der Waals surface area contributed by atoms with Gasteiger partial charge in [0.05, 0.1) is 19.3 Å². The van der Waals surface area contributed by atoms with Gasteiger partial charge in [0.15, 0.2) is 5.76 Å². The van der Waals surface area contributed by atoms with E-state index >= 15 is 0 Å². The van der Waals surface area contributed by atoms with E-state index in [0.29, 0.717) is 22.9 Å². The van der Waals surface area contributed by atoms with Crippen LogP contribution in [0.3, 0.4) is 0 Å². The molecule has 0 atom stereocenters. The molecule has 2 heterocycles. The Morgan fingerprint density at radius 3 is 2.64 bits per heavy atom. The van der Waals surface area contributed by atoms with Crippen molar-refractivity contribution < 1.29 is 18.7 Å². The quantitative estimate of drug-likeness (QED) is 0.683. The van der Waals surface area contributed by atoms with Crippen LogP contribution in [0.4, 0.5) is 11.4 Å². The molecular weight excluding hydrogens is 362 g/mol. The van der Waals surface area contributed by atoms with Crippen LogP contribution in [0.5, 0.6) is 5.75 Å². The van der Waals surface area contributed by atoms with Gasteiger partial charge < -0.3 is 24.4 Å². The molecule has 8 nitrogen and oxygen atoms in total. The van der Waals surface area contributed by atoms with Crippen LogP contribution in [-0.2, 0) is 11.3 Å². The van der Waals surface area contributed by atoms with Crippen LogP contribution in [0.15, 0.2) is 63.9 Å². The zero-order valence-electron chi connectivity index (χ0n) is 15.4. The first-order chi connectivity index (χ1) is 13.5. The molecule has 0 aliphatic heterocycles. The van der Waals surface area contributed by atoms with E-state index in [1.165, 1.54) is 30.7 Å². The van der Waals surface area contributed by atoms with Crippen LogP contribution >= 0.6 is 0 Å². The van der Waals surface area contributed by atoms with Crippen LogP contribution in [-0.4, -0.2) is 23.5 Å². The number of methoxy groups -OCH3 is 1. The lowest BCUT2D eigenvalue weighted by atomic mass is 10.2. The Hall–Kier alpha value is -3.81. The van der Waals surface area contributed by atoms with Gasteiger partial charge in [-0.1, -0.05) is 6.07 Å². The fourth-order valence-electron chi connectivity index (χ4n) is 2.61. The molecule has 28 heavy (non-hydrogen) atoms. The van der Waals surface area contributed by atoms with Gasteiger partial charge in [-0.25, -0.2) is 0 Å². The van der Waals surface area contributed by atoms with E-state index in [4.69, 9.17) is 9.15 Å². The summed E-state index contributed by atoms with van der Waals surface area (Å²) in [5.41, 5.74) is 0.747. The highest BCUT2D eigenvalue weighted by atomic mass is 16.5. The largest absolute Gasteiger partial charge is 0.495 e. The highest BCUT2D eigenvalue weighted by molar-refractivity contribution is 6.03. The summed E-state index contributed by atoms with van der Waals surface area (Å²) in [6.45, 7) is 1.61. The Morgan fingerprint density at radius 1 is 1.11 bits per heavy atom. The number of rotatable bonds is 6. The average Bonchev–Trinajstić information content (AvgIpc) is 3.12. The third-order valence-electron chi connectivity index (χ3n) is 3.88. The first-order valence-corrected chi connectivity index (χ1v) is 8.47. The van der Waals surface area contributed by atoms with E-state index in [0.717, 1.165) is 0 Å². The number of nitrogens with one attached hydrogen (secondary N) is 2. The number of hydrogen-bond acceptors (Lipinski definition) is 5. The summed E-state index contributed by atoms with van der Waals surface area (Å²) in [5, 5.41) is 5.35. The number of carbonyl (C=O) groups is 2. The van der Waals surface area contributed by atoms with Gasteiger partial charge in [-0.15, -0.1) is 0 Å². The SMILES string of the molecule is COc1ccc(NC(=O)c2ccc(Cn3ccccc3=O)o2)cc1NC(C)=O. The molecule has 1 aromatic carbocycles. The maximum atomic E-state index is 12.4. The number of furan rings is 1. The molecule has 0 aliphatic carbocycles. The second-order valence-corrected chi connectivity index (χ2v) is 5.98. The predicted molar refractivity (Wildman–Crippen MR) is 104 cm³/mol. The maximum absolute atomic E-state index is 12.4. The number of aromatic nitrogens is 1. The molecule has 0 aliphatic rings. The Bertz CT molecular complexity index is 1070. The van der Waals surface area contributed by atoms with Gasteiger partial charge in [-0.2, -0.15) is 0 Å². The van der Waals surface area contributed by atoms with Crippen molar-refractivity contribution in [3.63, 3.8) is 0 Å². The van der Waals surface area contributed by atoms with E-state index in [9.17, 15) is 14.4 Å². The summed E-state index contributed by atoms with van der Waals surface area (Å²) in [7, 11) is 1.49. The maximum Gasteiger partial charge on any atom is 0.291 e. The summed E-state index contributed by atoms with van der Waals surface area (Å²) in [5.74, 6) is 0.351. The number of benzene rings is 1. The third-order valence-corrected chi connectivity index (χ3v) is 3.88. The molecule has 0 saturated heterocycles. The van der Waals surface area contributed by atoms with Crippen LogP contribution in [0.25, 0.3) is 0 Å². The molecule has 0 spiro atoms. The van der Waals surface area contributed by atoms with E-state index in [2.05, 4.69) is 10.6 Å². The van der Waals surface area contributed by atoms with Gasteiger partial charge in [-0.3, -0.25) is 14.4 Å². The standard InChI is InChI=1S/C20H19N3O5/c1-13(24)21-16-11-14(6-8-17(16)27-2)22-20(26)18-9-7-15(28-18)12-23-10-4-3-5-19(23)25/h3-11H,12H2,1-2H3,(H,21,24)(H,22,26). The molecule has 0 radical (unpaired) electrons. The zero-order valence-corrected chi connectivity index (χ0v) is 15.4. The van der Waals surface area contributed by atoms with Crippen LogP contribution < -0.4 is 20.9 Å². The fraction of sp³-hybridized carbons (Fsp3) is 0.150. The molecule has 2 aromatic heterocycles. The lowest BCUT2D eigenvalue weighted by Gasteiger charge is -2.11. The number of nitrogens with zero attached hydrogens (tertiary/aromatic N) is 1. The average molecular weight is 381 g/mol. The molecule has 144 valence electrons. The van der Waals surface area contributed by atoms with E-state index in [1.54, 1.807) is 42.6 Å². The lowest BCUT2D eigenvalue weighted by Crippen LogP contribution is -2.18. The van der Waals surface area contributed by atoms with Crippen molar-refractivity contribution in [3.8, 4) is 5.75 Å². The van der Waals surface area contributed by atoms with Crippen LogP contribution in [0.1, 0.15) is 23.2 Å². The number of pyridine rings is 1. The first kappa shape index (κ1) is 19.0. The van der Waals surface area contributed by atoms with Gasteiger partial charge in [0, 0.05) is 24.9 Å². The predicted octanol–water partition coefficient (Wildman–Crippen LogP) is 2.71. The van der Waals surface area contributed by atoms with Crippen molar-refractivity contribution in [2.45, 2.75) is 13.5 Å². The summed E-state index contributed by atoms with van der Waals surface area (Å²) in [6.07, 6.45) is 1.64. The van der Waals surface area contributed by atoms with Crippen molar-refractivity contribution in [1.29, 1.82) is 0 Å². The molecule has 3 aromatic rings. The van der Waals surface area contributed by atoms with Crippen molar-refractivity contribution in [2.24, 2.45) is 0 Å². The molecule has 0 saturated carbocycles. The zero-order chi connectivity index (χ0) is 20.1. The topological polar surface area (TPSA) is 103 Å². The molecule has 3 rings (SSSR count). The van der Waals surface area contributed by atoms with Crippen LogP contribution in [0, 0.1) is 0 Å². The number of amides is 2. The number of hydrogen-bond donors (Lipinski definition) is 2. The third kappa shape index (κ3) is 4.47. The van der Waals surface area contributed by atoms with E-state index < -0.39 is 5.91 Å². The minimum absolute atomic E-state index is 0.107. The lowest BCUT2D eigenvalue weighted by molar-refractivity contribution is -0.114. The van der Waals surface area contributed by atoms with Gasteiger partial charge in [-0.05, 0) is 36.4 Å². The minimum Gasteiger partial charge on any atom is -0.495 e. The Kier molecular flexibility index (Phi) is 5.59. The number of carbonyl (C=O) groups excluding carboxylic acids is 2. The molecule has 0 fully saturated rings. The molecule has 2 N–H and O–H groups in total. The molecule has 0 bridgehead atoms.